The normalized spacial score (nSPS) is 14.5. The van der Waals surface area contributed by atoms with E-state index in [9.17, 15) is 0 Å². The van der Waals surface area contributed by atoms with Gasteiger partial charge in [-0.1, -0.05) is 17.7 Å². The Bertz CT molecular complexity index is 1260. The minimum Gasteiger partial charge on any atom is -0.493 e. The van der Waals surface area contributed by atoms with Gasteiger partial charge in [0, 0.05) is 43.3 Å². The molecule has 0 aliphatic carbocycles. The number of aromatic nitrogens is 3. The molecule has 0 atom stereocenters. The number of aromatic amines is 1. The van der Waals surface area contributed by atoms with Crippen molar-refractivity contribution in [3.63, 3.8) is 0 Å². The molecule has 2 aromatic heterocycles. The average molecular weight is 418 g/mol. The van der Waals surface area contributed by atoms with E-state index in [0.717, 1.165) is 53.9 Å². The summed E-state index contributed by atoms with van der Waals surface area (Å²) in [7, 11) is 3.29. The van der Waals surface area contributed by atoms with Crippen molar-refractivity contribution in [1.82, 2.24) is 15.0 Å². The fourth-order valence-electron chi connectivity index (χ4n) is 4.57. The zero-order valence-electron chi connectivity index (χ0n) is 18.4. The number of methoxy groups -OCH3 is 2. The molecule has 31 heavy (non-hydrogen) atoms. The quantitative estimate of drug-likeness (QED) is 0.540. The minimum absolute atomic E-state index is 0.693. The SMILES string of the molecule is COc1cc2[nH]c3c(N4CCN(c5ccc(C)cc5C)CC4)ncnc3c2cc1OC. The minimum atomic E-state index is 0.693. The average Bonchev–Trinajstić information content (AvgIpc) is 3.16. The van der Waals surface area contributed by atoms with E-state index in [2.05, 4.69) is 56.8 Å². The van der Waals surface area contributed by atoms with Crippen LogP contribution in [0.1, 0.15) is 11.1 Å². The van der Waals surface area contributed by atoms with Crippen molar-refractivity contribution < 1.29 is 9.47 Å². The first-order valence-electron chi connectivity index (χ1n) is 10.5. The second-order valence-electron chi connectivity index (χ2n) is 8.06. The van der Waals surface area contributed by atoms with Crippen molar-refractivity contribution in [1.29, 1.82) is 0 Å². The number of hydrogen-bond acceptors (Lipinski definition) is 6. The topological polar surface area (TPSA) is 66.5 Å². The van der Waals surface area contributed by atoms with Gasteiger partial charge in [0.25, 0.3) is 0 Å². The summed E-state index contributed by atoms with van der Waals surface area (Å²) in [6.45, 7) is 8.05. The zero-order valence-corrected chi connectivity index (χ0v) is 18.4. The summed E-state index contributed by atoms with van der Waals surface area (Å²) >= 11 is 0. The molecular weight excluding hydrogens is 390 g/mol. The monoisotopic (exact) mass is 417 g/mol. The van der Waals surface area contributed by atoms with E-state index in [4.69, 9.17) is 9.47 Å². The molecule has 1 saturated heterocycles. The smallest absolute Gasteiger partial charge is 0.162 e. The van der Waals surface area contributed by atoms with Gasteiger partial charge < -0.3 is 24.3 Å². The Morgan fingerprint density at radius 3 is 2.29 bits per heavy atom. The van der Waals surface area contributed by atoms with E-state index in [1.54, 1.807) is 20.5 Å². The number of hydrogen-bond donors (Lipinski definition) is 1. The van der Waals surface area contributed by atoms with Crippen LogP contribution in [0.25, 0.3) is 21.9 Å². The van der Waals surface area contributed by atoms with Crippen molar-refractivity contribution in [3.05, 3.63) is 47.8 Å². The van der Waals surface area contributed by atoms with Crippen molar-refractivity contribution in [3.8, 4) is 11.5 Å². The molecule has 0 unspecified atom stereocenters. The largest absolute Gasteiger partial charge is 0.493 e. The van der Waals surface area contributed by atoms with E-state index < -0.39 is 0 Å². The zero-order chi connectivity index (χ0) is 21.5. The van der Waals surface area contributed by atoms with Gasteiger partial charge in [-0.25, -0.2) is 9.97 Å². The van der Waals surface area contributed by atoms with E-state index in [0.29, 0.717) is 11.5 Å². The van der Waals surface area contributed by atoms with E-state index in [1.165, 1.54) is 16.8 Å². The van der Waals surface area contributed by atoms with Gasteiger partial charge in [0.1, 0.15) is 17.4 Å². The summed E-state index contributed by atoms with van der Waals surface area (Å²) in [5.74, 6) is 2.33. The third-order valence-electron chi connectivity index (χ3n) is 6.14. The second kappa shape index (κ2) is 7.65. The number of nitrogens with zero attached hydrogens (tertiary/aromatic N) is 4. The number of aryl methyl sites for hydroxylation is 2. The molecule has 1 N–H and O–H groups in total. The Labute approximate surface area is 181 Å². The molecule has 0 amide bonds. The van der Waals surface area contributed by atoms with Crippen LogP contribution in [-0.4, -0.2) is 55.4 Å². The fourth-order valence-corrected chi connectivity index (χ4v) is 4.57. The Hall–Kier alpha value is -3.48. The van der Waals surface area contributed by atoms with E-state index >= 15 is 0 Å². The number of nitrogens with one attached hydrogen (secondary N) is 1. The Kier molecular flexibility index (Phi) is 4.81. The van der Waals surface area contributed by atoms with Crippen LogP contribution < -0.4 is 19.3 Å². The van der Waals surface area contributed by atoms with Gasteiger partial charge >= 0.3 is 0 Å². The van der Waals surface area contributed by atoms with E-state index in [1.807, 2.05) is 12.1 Å². The number of ether oxygens (including phenoxy) is 2. The summed E-state index contributed by atoms with van der Waals surface area (Å²) in [5.41, 5.74) is 6.77. The highest BCUT2D eigenvalue weighted by Crippen LogP contribution is 2.37. The maximum Gasteiger partial charge on any atom is 0.162 e. The summed E-state index contributed by atoms with van der Waals surface area (Å²) in [4.78, 5) is 17.5. The highest BCUT2D eigenvalue weighted by Gasteiger charge is 2.23. The third kappa shape index (κ3) is 3.30. The van der Waals surface area contributed by atoms with Crippen LogP contribution in [-0.2, 0) is 0 Å². The van der Waals surface area contributed by atoms with Gasteiger partial charge in [0.2, 0.25) is 0 Å². The number of benzene rings is 2. The van der Waals surface area contributed by atoms with Gasteiger partial charge in [-0.3, -0.25) is 0 Å². The lowest BCUT2D eigenvalue weighted by molar-refractivity contribution is 0.356. The lowest BCUT2D eigenvalue weighted by Gasteiger charge is -2.37. The molecule has 1 aliphatic rings. The molecular formula is C24H27N5O2. The maximum atomic E-state index is 5.48. The van der Waals surface area contributed by atoms with Crippen LogP contribution in [0.4, 0.5) is 11.5 Å². The van der Waals surface area contributed by atoms with Crippen LogP contribution in [0, 0.1) is 13.8 Å². The number of anilines is 2. The van der Waals surface area contributed by atoms with E-state index in [-0.39, 0.29) is 0 Å². The molecule has 5 rings (SSSR count). The predicted molar refractivity (Wildman–Crippen MR) is 125 cm³/mol. The molecule has 160 valence electrons. The lowest BCUT2D eigenvalue weighted by Crippen LogP contribution is -2.47. The molecule has 4 aromatic rings. The first kappa shape index (κ1) is 19.5. The van der Waals surface area contributed by atoms with Gasteiger partial charge in [-0.05, 0) is 31.5 Å². The van der Waals surface area contributed by atoms with Crippen molar-refractivity contribution >= 4 is 33.4 Å². The fraction of sp³-hybridized carbons (Fsp3) is 0.333. The summed E-state index contributed by atoms with van der Waals surface area (Å²) in [5, 5.41) is 1.00. The van der Waals surface area contributed by atoms with Crippen molar-refractivity contribution in [2.45, 2.75) is 13.8 Å². The Morgan fingerprint density at radius 1 is 0.871 bits per heavy atom. The van der Waals surface area contributed by atoms with Crippen molar-refractivity contribution in [2.75, 3.05) is 50.2 Å². The van der Waals surface area contributed by atoms with Gasteiger partial charge in [-0.2, -0.15) is 0 Å². The van der Waals surface area contributed by atoms with Crippen LogP contribution >= 0.6 is 0 Å². The van der Waals surface area contributed by atoms with Crippen LogP contribution in [0.15, 0.2) is 36.7 Å². The molecule has 0 spiro atoms. The molecule has 1 fully saturated rings. The Balaban J connectivity index is 1.47. The predicted octanol–water partition coefficient (Wildman–Crippen LogP) is 4.07. The lowest BCUT2D eigenvalue weighted by atomic mass is 10.1. The highest BCUT2D eigenvalue weighted by atomic mass is 16.5. The standard InChI is InChI=1S/C24H27N5O2/c1-15-5-6-19(16(2)11-15)28-7-9-29(10-8-28)24-23-22(25-14-26-24)17-12-20(30-3)21(31-4)13-18(17)27-23/h5-6,11-14,27H,7-10H2,1-4H3. The van der Waals surface area contributed by atoms with Crippen LogP contribution in [0.3, 0.4) is 0 Å². The second-order valence-corrected chi connectivity index (χ2v) is 8.06. The molecule has 1 aliphatic heterocycles. The summed E-state index contributed by atoms with van der Waals surface area (Å²) < 4.78 is 10.9. The van der Waals surface area contributed by atoms with Crippen LogP contribution in [0.2, 0.25) is 0 Å². The first-order chi connectivity index (χ1) is 15.1. The Morgan fingerprint density at radius 2 is 1.58 bits per heavy atom. The van der Waals surface area contributed by atoms with Gasteiger partial charge in [0.15, 0.2) is 17.3 Å². The molecule has 0 radical (unpaired) electrons. The van der Waals surface area contributed by atoms with Crippen LogP contribution in [0.5, 0.6) is 11.5 Å². The summed E-state index contributed by atoms with van der Waals surface area (Å²) in [6, 6.07) is 10.6. The molecule has 7 heteroatoms. The molecule has 3 heterocycles. The molecule has 7 nitrogen and oxygen atoms in total. The number of H-pyrrole nitrogens is 1. The first-order valence-corrected chi connectivity index (χ1v) is 10.5. The molecule has 2 aromatic carbocycles. The third-order valence-corrected chi connectivity index (χ3v) is 6.14. The number of piperazine rings is 1. The molecule has 0 saturated carbocycles. The van der Waals surface area contributed by atoms with Crippen molar-refractivity contribution in [2.24, 2.45) is 0 Å². The maximum absolute atomic E-state index is 5.48. The molecule has 0 bridgehead atoms. The van der Waals surface area contributed by atoms with Gasteiger partial charge in [0.05, 0.1) is 19.7 Å². The summed E-state index contributed by atoms with van der Waals surface area (Å²) in [6.07, 6.45) is 1.65. The van der Waals surface area contributed by atoms with Gasteiger partial charge in [-0.15, -0.1) is 0 Å². The number of fused-ring (bicyclic) bond motifs is 3. The highest BCUT2D eigenvalue weighted by molar-refractivity contribution is 6.09. The number of rotatable bonds is 4.